The molecule has 114 valence electrons. The van der Waals surface area contributed by atoms with Gasteiger partial charge in [-0.05, 0) is 25.3 Å². The molecule has 7 heteroatoms. The van der Waals surface area contributed by atoms with Crippen LogP contribution in [0.25, 0.3) is 0 Å². The highest BCUT2D eigenvalue weighted by molar-refractivity contribution is 5.91. The van der Waals surface area contributed by atoms with E-state index in [2.05, 4.69) is 25.3 Å². The second kappa shape index (κ2) is 7.04. The van der Waals surface area contributed by atoms with Gasteiger partial charge in [-0.15, -0.1) is 0 Å². The van der Waals surface area contributed by atoms with E-state index in [0.717, 1.165) is 31.4 Å². The van der Waals surface area contributed by atoms with Gasteiger partial charge in [0.1, 0.15) is 18.1 Å². The largest absolute Gasteiger partial charge is 0.370 e. The second-order valence-electron chi connectivity index (χ2n) is 5.08. The van der Waals surface area contributed by atoms with Crippen molar-refractivity contribution in [1.82, 2.24) is 25.3 Å². The van der Waals surface area contributed by atoms with E-state index in [0.29, 0.717) is 18.1 Å². The first kappa shape index (κ1) is 14.5. The van der Waals surface area contributed by atoms with Crippen LogP contribution >= 0.6 is 0 Å². The number of amides is 1. The van der Waals surface area contributed by atoms with Gasteiger partial charge < -0.3 is 10.1 Å². The summed E-state index contributed by atoms with van der Waals surface area (Å²) in [6, 6.07) is 1.56. The molecule has 2 aromatic rings. The summed E-state index contributed by atoms with van der Waals surface area (Å²) in [5.41, 5.74) is 1.17. The van der Waals surface area contributed by atoms with Gasteiger partial charge in [0.05, 0.1) is 0 Å². The Morgan fingerprint density at radius 2 is 2.14 bits per heavy atom. The molecule has 1 fully saturated rings. The van der Waals surface area contributed by atoms with Crippen molar-refractivity contribution in [2.75, 3.05) is 6.61 Å². The number of hydrogen-bond donors (Lipinski definition) is 1. The van der Waals surface area contributed by atoms with Gasteiger partial charge in [-0.2, -0.15) is 0 Å². The summed E-state index contributed by atoms with van der Waals surface area (Å²) in [7, 11) is 0. The van der Waals surface area contributed by atoms with Crippen LogP contribution in [0.4, 0.5) is 0 Å². The van der Waals surface area contributed by atoms with E-state index >= 15 is 0 Å². The molecule has 3 rings (SSSR count). The highest BCUT2D eigenvalue weighted by atomic mass is 16.5. The molecule has 1 aliphatic heterocycles. The van der Waals surface area contributed by atoms with Gasteiger partial charge in [-0.25, -0.2) is 19.9 Å². The summed E-state index contributed by atoms with van der Waals surface area (Å²) < 4.78 is 5.65. The first-order valence-electron chi connectivity index (χ1n) is 7.29. The fourth-order valence-corrected chi connectivity index (χ4v) is 2.26. The summed E-state index contributed by atoms with van der Waals surface area (Å²) in [6.07, 6.45) is 9.53. The molecule has 0 unspecified atom stereocenters. The van der Waals surface area contributed by atoms with Crippen molar-refractivity contribution in [3.63, 3.8) is 0 Å². The van der Waals surface area contributed by atoms with Crippen LogP contribution in [0.15, 0.2) is 31.0 Å². The average molecular weight is 299 g/mol. The lowest BCUT2D eigenvalue weighted by molar-refractivity contribution is 0.00940. The highest BCUT2D eigenvalue weighted by Gasteiger charge is 2.18. The Morgan fingerprint density at radius 1 is 1.27 bits per heavy atom. The number of aromatic nitrogens is 4. The first-order chi connectivity index (χ1) is 10.8. The first-order valence-corrected chi connectivity index (χ1v) is 7.29. The topological polar surface area (TPSA) is 89.9 Å². The van der Waals surface area contributed by atoms with Crippen molar-refractivity contribution < 1.29 is 9.53 Å². The molecule has 0 radical (unpaired) electrons. The number of carbonyl (C=O) groups excluding carboxylic acids is 1. The Hall–Kier alpha value is -2.41. The lowest BCUT2D eigenvalue weighted by Gasteiger charge is -2.21. The van der Waals surface area contributed by atoms with E-state index < -0.39 is 0 Å². The van der Waals surface area contributed by atoms with Crippen molar-refractivity contribution in [2.24, 2.45) is 0 Å². The zero-order chi connectivity index (χ0) is 15.2. The molecule has 0 aliphatic carbocycles. The molecule has 0 aromatic carbocycles. The van der Waals surface area contributed by atoms with E-state index in [1.807, 2.05) is 0 Å². The lowest BCUT2D eigenvalue weighted by atomic mass is 10.1. The van der Waals surface area contributed by atoms with E-state index in [4.69, 9.17) is 4.74 Å². The number of nitrogens with one attached hydrogen (secondary N) is 1. The fourth-order valence-electron chi connectivity index (χ4n) is 2.26. The Labute approximate surface area is 128 Å². The fraction of sp³-hybridized carbons (Fsp3) is 0.400. The molecule has 0 bridgehead atoms. The lowest BCUT2D eigenvalue weighted by Crippen LogP contribution is -2.24. The zero-order valence-electron chi connectivity index (χ0n) is 12.1. The summed E-state index contributed by atoms with van der Waals surface area (Å²) >= 11 is 0. The molecule has 1 saturated heterocycles. The van der Waals surface area contributed by atoms with Gasteiger partial charge in [0, 0.05) is 37.3 Å². The third-order valence-electron chi connectivity index (χ3n) is 3.46. The van der Waals surface area contributed by atoms with Crippen molar-refractivity contribution in [3.8, 4) is 0 Å². The number of ether oxygens (including phenoxy) is 1. The molecule has 0 saturated carbocycles. The maximum absolute atomic E-state index is 11.9. The summed E-state index contributed by atoms with van der Waals surface area (Å²) in [5, 5.41) is 2.77. The molecular formula is C15H17N5O2. The second-order valence-corrected chi connectivity index (χ2v) is 5.08. The highest BCUT2D eigenvalue weighted by Crippen LogP contribution is 2.24. The van der Waals surface area contributed by atoms with Crippen LogP contribution in [0.5, 0.6) is 0 Å². The average Bonchev–Trinajstić information content (AvgIpc) is 2.61. The molecule has 1 aliphatic rings. The van der Waals surface area contributed by atoms with Gasteiger partial charge in [0.15, 0.2) is 5.82 Å². The monoisotopic (exact) mass is 299 g/mol. The van der Waals surface area contributed by atoms with Crippen molar-refractivity contribution in [1.29, 1.82) is 0 Å². The van der Waals surface area contributed by atoms with Crippen LogP contribution in [-0.4, -0.2) is 32.4 Å². The van der Waals surface area contributed by atoms with Crippen LogP contribution < -0.4 is 5.32 Å². The number of carbonyl (C=O) groups is 1. The van der Waals surface area contributed by atoms with Crippen molar-refractivity contribution >= 4 is 5.91 Å². The third-order valence-corrected chi connectivity index (χ3v) is 3.46. The van der Waals surface area contributed by atoms with Crippen LogP contribution in [0.3, 0.4) is 0 Å². The maximum Gasteiger partial charge on any atom is 0.270 e. The van der Waals surface area contributed by atoms with Crippen molar-refractivity contribution in [2.45, 2.75) is 31.9 Å². The third kappa shape index (κ3) is 3.62. The van der Waals surface area contributed by atoms with Gasteiger partial charge in [0.25, 0.3) is 5.91 Å². The molecule has 2 aromatic heterocycles. The Morgan fingerprint density at radius 3 is 2.82 bits per heavy atom. The SMILES string of the molecule is O=C(NCc1cnc([C@@H]2CCCCO2)nc1)c1ccncn1. The smallest absolute Gasteiger partial charge is 0.270 e. The van der Waals surface area contributed by atoms with Crippen LogP contribution in [-0.2, 0) is 11.3 Å². The van der Waals surface area contributed by atoms with Crippen LogP contribution in [0.1, 0.15) is 47.2 Å². The molecule has 22 heavy (non-hydrogen) atoms. The summed E-state index contributed by atoms with van der Waals surface area (Å²) in [4.78, 5) is 28.2. The van der Waals surface area contributed by atoms with E-state index in [9.17, 15) is 4.79 Å². The van der Waals surface area contributed by atoms with E-state index in [1.54, 1.807) is 18.5 Å². The Kier molecular flexibility index (Phi) is 4.65. The summed E-state index contributed by atoms with van der Waals surface area (Å²) in [6.45, 7) is 1.12. The molecule has 0 spiro atoms. The van der Waals surface area contributed by atoms with Gasteiger partial charge in [-0.3, -0.25) is 4.79 Å². The predicted octanol–water partition coefficient (Wildman–Crippen LogP) is 1.44. The molecule has 1 atom stereocenters. The minimum Gasteiger partial charge on any atom is -0.370 e. The summed E-state index contributed by atoms with van der Waals surface area (Å²) in [5.74, 6) is 0.465. The quantitative estimate of drug-likeness (QED) is 0.918. The van der Waals surface area contributed by atoms with Gasteiger partial charge in [0.2, 0.25) is 0 Å². The minimum absolute atomic E-state index is 0.00147. The van der Waals surface area contributed by atoms with Crippen LogP contribution in [0.2, 0.25) is 0 Å². The Bertz CT molecular complexity index is 612. The molecule has 3 heterocycles. The standard InChI is InChI=1S/C15H17N5O2/c21-15(12-4-5-16-10-20-12)19-9-11-7-17-14(18-8-11)13-3-1-2-6-22-13/h4-5,7-8,10,13H,1-3,6,9H2,(H,19,21)/t13-/m0/s1. The zero-order valence-corrected chi connectivity index (χ0v) is 12.1. The molecular weight excluding hydrogens is 282 g/mol. The maximum atomic E-state index is 11.9. The van der Waals surface area contributed by atoms with Crippen molar-refractivity contribution in [3.05, 3.63) is 48.1 Å². The van der Waals surface area contributed by atoms with E-state index in [1.165, 1.54) is 12.5 Å². The van der Waals surface area contributed by atoms with Crippen LogP contribution in [0, 0.1) is 0 Å². The van der Waals surface area contributed by atoms with E-state index in [-0.39, 0.29) is 12.0 Å². The minimum atomic E-state index is -0.248. The number of hydrogen-bond acceptors (Lipinski definition) is 6. The molecule has 7 nitrogen and oxygen atoms in total. The van der Waals surface area contributed by atoms with Gasteiger partial charge in [-0.1, -0.05) is 0 Å². The number of nitrogens with zero attached hydrogens (tertiary/aromatic N) is 4. The van der Waals surface area contributed by atoms with Gasteiger partial charge >= 0.3 is 0 Å². The normalized spacial score (nSPS) is 17.9. The Balaban J connectivity index is 1.56. The molecule has 1 N–H and O–H groups in total. The predicted molar refractivity (Wildman–Crippen MR) is 77.8 cm³/mol. The molecule has 1 amide bonds. The number of rotatable bonds is 4.